The number of ether oxygens (including phenoxy) is 1. The van der Waals surface area contributed by atoms with Gasteiger partial charge in [0.15, 0.2) is 11.4 Å². The summed E-state index contributed by atoms with van der Waals surface area (Å²) in [6, 6.07) is 1.27. The summed E-state index contributed by atoms with van der Waals surface area (Å²) in [5.41, 5.74) is -3.93. The Hall–Kier alpha value is -4.00. The van der Waals surface area contributed by atoms with Crippen LogP contribution in [-0.4, -0.2) is 58.1 Å². The molecule has 0 spiro atoms. The number of aromatic nitrogens is 2. The van der Waals surface area contributed by atoms with Crippen LogP contribution in [0.25, 0.3) is 0 Å². The highest BCUT2D eigenvalue weighted by atomic mass is 19.3. The molecule has 37 heavy (non-hydrogen) atoms. The molecule has 1 fully saturated rings. The largest absolute Gasteiger partial charge is 0.504 e. The minimum atomic E-state index is -3.16. The van der Waals surface area contributed by atoms with E-state index in [1.165, 1.54) is 45.1 Å². The monoisotopic (exact) mass is 519 g/mol. The number of anilines is 3. The molecule has 0 aliphatic carbocycles. The van der Waals surface area contributed by atoms with Crippen LogP contribution >= 0.6 is 0 Å². The summed E-state index contributed by atoms with van der Waals surface area (Å²) in [5, 5.41) is 16.0. The van der Waals surface area contributed by atoms with Crippen LogP contribution in [-0.2, 0) is 4.74 Å². The average Bonchev–Trinajstić information content (AvgIpc) is 3.12. The SMILES string of the molecule is Cc1cc(F)cnc1[C@H](Nc1c(Nc2ccnc(C(=O)N(C)C)c2O)c(=O)c1=O)[C@@]1(C)CC(F)(F)CO1. The second kappa shape index (κ2) is 9.14. The first kappa shape index (κ1) is 26.1. The highest BCUT2D eigenvalue weighted by Gasteiger charge is 2.53. The number of carbonyl (C=O) groups is 1. The molecule has 10 nitrogen and oxygen atoms in total. The van der Waals surface area contributed by atoms with Crippen LogP contribution in [0.4, 0.5) is 30.2 Å². The first-order chi connectivity index (χ1) is 17.2. The van der Waals surface area contributed by atoms with Crippen molar-refractivity contribution in [3.05, 3.63) is 67.7 Å². The molecular weight excluding hydrogens is 495 g/mol. The lowest BCUT2D eigenvalue weighted by Crippen LogP contribution is -2.44. The molecule has 2 atom stereocenters. The highest BCUT2D eigenvalue weighted by molar-refractivity contribution is 5.97. The molecule has 1 saturated heterocycles. The predicted octanol–water partition coefficient (Wildman–Crippen LogP) is 2.64. The molecular formula is C24H24F3N5O5. The van der Waals surface area contributed by atoms with E-state index in [-0.39, 0.29) is 28.5 Å². The maximum Gasteiger partial charge on any atom is 0.275 e. The van der Waals surface area contributed by atoms with Gasteiger partial charge in [-0.2, -0.15) is 0 Å². The molecule has 4 rings (SSSR count). The maximum absolute atomic E-state index is 14.2. The number of amides is 1. The summed E-state index contributed by atoms with van der Waals surface area (Å²) in [5.74, 6) is -4.96. The molecule has 1 aliphatic heterocycles. The summed E-state index contributed by atoms with van der Waals surface area (Å²) >= 11 is 0. The number of nitrogens with zero attached hydrogens (tertiary/aromatic N) is 3. The Morgan fingerprint density at radius 2 is 1.89 bits per heavy atom. The Morgan fingerprint density at radius 1 is 1.22 bits per heavy atom. The number of halogens is 3. The van der Waals surface area contributed by atoms with E-state index in [2.05, 4.69) is 20.6 Å². The van der Waals surface area contributed by atoms with Crippen molar-refractivity contribution < 1.29 is 27.8 Å². The van der Waals surface area contributed by atoms with Crippen molar-refractivity contribution >= 4 is 23.0 Å². The third-order valence-electron chi connectivity index (χ3n) is 6.18. The van der Waals surface area contributed by atoms with Crippen molar-refractivity contribution in [1.82, 2.24) is 14.9 Å². The zero-order valence-electron chi connectivity index (χ0n) is 20.4. The number of carbonyl (C=O) groups excluding carboxylic acids is 1. The Morgan fingerprint density at radius 3 is 2.49 bits per heavy atom. The highest BCUT2D eigenvalue weighted by Crippen LogP contribution is 2.46. The lowest BCUT2D eigenvalue weighted by molar-refractivity contribution is -0.0248. The molecule has 0 bridgehead atoms. The van der Waals surface area contributed by atoms with Gasteiger partial charge in [-0.25, -0.2) is 18.2 Å². The van der Waals surface area contributed by atoms with E-state index in [1.54, 1.807) is 0 Å². The Bertz CT molecular complexity index is 1450. The lowest BCUT2D eigenvalue weighted by Gasteiger charge is -2.35. The van der Waals surface area contributed by atoms with Crippen molar-refractivity contribution in [3.8, 4) is 5.75 Å². The topological polar surface area (TPSA) is 134 Å². The van der Waals surface area contributed by atoms with Crippen LogP contribution < -0.4 is 21.5 Å². The Balaban J connectivity index is 1.74. The number of hydrogen-bond donors (Lipinski definition) is 3. The van der Waals surface area contributed by atoms with E-state index in [0.29, 0.717) is 5.56 Å². The molecule has 3 heterocycles. The first-order valence-corrected chi connectivity index (χ1v) is 11.1. The molecule has 2 aromatic heterocycles. The summed E-state index contributed by atoms with van der Waals surface area (Å²) in [6.45, 7) is 2.06. The van der Waals surface area contributed by atoms with Crippen molar-refractivity contribution in [2.24, 2.45) is 0 Å². The number of nitrogens with one attached hydrogen (secondary N) is 2. The minimum absolute atomic E-state index is 0.0853. The lowest BCUT2D eigenvalue weighted by atomic mass is 9.87. The smallest absolute Gasteiger partial charge is 0.275 e. The van der Waals surface area contributed by atoms with Gasteiger partial charge in [-0.1, -0.05) is 0 Å². The fourth-order valence-electron chi connectivity index (χ4n) is 4.29. The molecule has 0 saturated carbocycles. The zero-order chi connectivity index (χ0) is 27.3. The maximum atomic E-state index is 14.2. The van der Waals surface area contributed by atoms with Gasteiger partial charge in [0, 0.05) is 26.7 Å². The summed E-state index contributed by atoms with van der Waals surface area (Å²) < 4.78 is 47.5. The molecule has 3 N–H and O–H groups in total. The van der Waals surface area contributed by atoms with E-state index in [4.69, 9.17) is 4.74 Å². The minimum Gasteiger partial charge on any atom is -0.504 e. The molecule has 1 aliphatic rings. The molecule has 1 aromatic carbocycles. The number of hydrogen-bond acceptors (Lipinski definition) is 9. The van der Waals surface area contributed by atoms with Crippen LogP contribution in [0, 0.1) is 12.7 Å². The van der Waals surface area contributed by atoms with E-state index in [1.807, 2.05) is 0 Å². The van der Waals surface area contributed by atoms with Gasteiger partial charge in [-0.3, -0.25) is 19.4 Å². The summed E-state index contributed by atoms with van der Waals surface area (Å²) in [7, 11) is 2.92. The van der Waals surface area contributed by atoms with Crippen molar-refractivity contribution in [1.29, 1.82) is 0 Å². The fourth-order valence-corrected chi connectivity index (χ4v) is 4.29. The Labute approximate surface area is 208 Å². The molecule has 3 aromatic rings. The third kappa shape index (κ3) is 4.73. The van der Waals surface area contributed by atoms with Gasteiger partial charge in [0.1, 0.15) is 23.8 Å². The standard InChI is InChI=1S/C24H24F3N5O5/c1-11-7-12(25)8-29-14(11)21(23(2)9-24(26,27)10-37-23)31-16-15(19(34)20(16)35)30-13-5-6-28-17(18(13)33)22(36)32(3)4/h5-8,21,31,33H,9-10H2,1-4H3,(H,28,30)/t21-,23+/m0/s1. The van der Waals surface area contributed by atoms with Crippen LogP contribution in [0.15, 0.2) is 34.1 Å². The van der Waals surface area contributed by atoms with Gasteiger partial charge in [0.2, 0.25) is 0 Å². The van der Waals surface area contributed by atoms with Gasteiger partial charge in [0.05, 0.1) is 29.2 Å². The molecule has 0 unspecified atom stereocenters. The first-order valence-electron chi connectivity index (χ1n) is 11.1. The zero-order valence-corrected chi connectivity index (χ0v) is 20.4. The van der Waals surface area contributed by atoms with Crippen LogP contribution in [0.2, 0.25) is 0 Å². The number of pyridine rings is 2. The van der Waals surface area contributed by atoms with E-state index in [9.17, 15) is 32.7 Å². The summed E-state index contributed by atoms with van der Waals surface area (Å²) in [6.07, 6.45) is 1.41. The predicted molar refractivity (Wildman–Crippen MR) is 128 cm³/mol. The van der Waals surface area contributed by atoms with Gasteiger partial charge in [-0.15, -0.1) is 0 Å². The second-order valence-electron chi connectivity index (χ2n) is 9.36. The quantitative estimate of drug-likeness (QED) is 0.403. The van der Waals surface area contributed by atoms with Crippen molar-refractivity contribution in [3.63, 3.8) is 0 Å². The third-order valence-corrected chi connectivity index (χ3v) is 6.18. The Kier molecular flexibility index (Phi) is 6.44. The number of rotatable bonds is 7. The fraction of sp³-hybridized carbons (Fsp3) is 0.375. The molecule has 1 amide bonds. The summed E-state index contributed by atoms with van der Waals surface area (Å²) in [4.78, 5) is 46.4. The average molecular weight is 519 g/mol. The van der Waals surface area contributed by atoms with E-state index >= 15 is 0 Å². The molecule has 0 radical (unpaired) electrons. The molecule has 196 valence electrons. The van der Waals surface area contributed by atoms with Crippen molar-refractivity contribution in [2.45, 2.75) is 37.8 Å². The van der Waals surface area contributed by atoms with Crippen LogP contribution in [0.1, 0.15) is 41.1 Å². The van der Waals surface area contributed by atoms with Gasteiger partial charge in [-0.05, 0) is 31.5 Å². The van der Waals surface area contributed by atoms with Crippen LogP contribution in [0.5, 0.6) is 5.75 Å². The number of aromatic hydroxyl groups is 1. The van der Waals surface area contributed by atoms with Gasteiger partial charge in [0.25, 0.3) is 22.7 Å². The van der Waals surface area contributed by atoms with Crippen molar-refractivity contribution in [2.75, 3.05) is 31.3 Å². The van der Waals surface area contributed by atoms with Crippen LogP contribution in [0.3, 0.4) is 0 Å². The number of alkyl halides is 2. The number of aryl methyl sites for hydroxylation is 1. The molecule has 13 heteroatoms. The van der Waals surface area contributed by atoms with E-state index in [0.717, 1.165) is 12.3 Å². The normalized spacial score (nSPS) is 19.5. The van der Waals surface area contributed by atoms with Gasteiger partial charge >= 0.3 is 0 Å². The van der Waals surface area contributed by atoms with E-state index < -0.39 is 58.9 Å². The second-order valence-corrected chi connectivity index (χ2v) is 9.36. The van der Waals surface area contributed by atoms with Gasteiger partial charge < -0.3 is 25.4 Å².